The summed E-state index contributed by atoms with van der Waals surface area (Å²) in [6.07, 6.45) is 0.962. The number of rotatable bonds is 7. The van der Waals surface area contributed by atoms with Crippen molar-refractivity contribution in [3.63, 3.8) is 0 Å². The number of hydrogen-bond donors (Lipinski definition) is 0. The summed E-state index contributed by atoms with van der Waals surface area (Å²) >= 11 is 0. The molecular formula is C20H32N6O. The highest BCUT2D eigenvalue weighted by Gasteiger charge is 2.33. The number of nitrogens with zero attached hydrogens (tertiary/aromatic N) is 6. The molecule has 1 saturated heterocycles. The van der Waals surface area contributed by atoms with E-state index < -0.39 is 0 Å². The van der Waals surface area contributed by atoms with E-state index in [0.717, 1.165) is 44.2 Å². The first kappa shape index (κ1) is 19.8. The van der Waals surface area contributed by atoms with E-state index >= 15 is 0 Å². The molecular weight excluding hydrogens is 340 g/mol. The van der Waals surface area contributed by atoms with Crippen LogP contribution >= 0.6 is 0 Å². The maximum atomic E-state index is 5.62. The second-order valence-electron chi connectivity index (χ2n) is 7.86. The Morgan fingerprint density at radius 1 is 1.07 bits per heavy atom. The van der Waals surface area contributed by atoms with E-state index in [0.29, 0.717) is 6.61 Å². The van der Waals surface area contributed by atoms with E-state index in [1.807, 2.05) is 23.7 Å². The molecule has 3 rings (SSSR count). The van der Waals surface area contributed by atoms with Crippen molar-refractivity contribution in [3.8, 4) is 5.75 Å². The Labute approximate surface area is 162 Å². The van der Waals surface area contributed by atoms with Gasteiger partial charge in [0.25, 0.3) is 0 Å². The number of aromatic nitrogens is 4. The van der Waals surface area contributed by atoms with Gasteiger partial charge in [0.05, 0.1) is 18.2 Å². The van der Waals surface area contributed by atoms with Crippen LogP contribution in [0, 0.1) is 0 Å². The van der Waals surface area contributed by atoms with Crippen molar-refractivity contribution in [2.75, 3.05) is 39.8 Å². The van der Waals surface area contributed by atoms with Crippen LogP contribution in [0.2, 0.25) is 0 Å². The largest absolute Gasteiger partial charge is 0.494 e. The smallest absolute Gasteiger partial charge is 0.173 e. The van der Waals surface area contributed by atoms with Gasteiger partial charge in [0.15, 0.2) is 5.82 Å². The van der Waals surface area contributed by atoms with Gasteiger partial charge in [-0.2, -0.15) is 0 Å². The van der Waals surface area contributed by atoms with E-state index in [1.165, 1.54) is 5.56 Å². The van der Waals surface area contributed by atoms with Gasteiger partial charge in [-0.15, -0.1) is 5.10 Å². The maximum absolute atomic E-state index is 5.62. The van der Waals surface area contributed by atoms with E-state index in [1.54, 1.807) is 0 Å². The number of likely N-dealkylation sites (N-methyl/N-ethyl adjacent to an activating group) is 1. The Hall–Kier alpha value is -1.99. The molecule has 1 unspecified atom stereocenters. The van der Waals surface area contributed by atoms with E-state index in [-0.39, 0.29) is 11.6 Å². The number of tetrazole rings is 1. The maximum Gasteiger partial charge on any atom is 0.173 e. The Bertz CT molecular complexity index is 718. The second kappa shape index (κ2) is 8.35. The molecule has 1 aromatic heterocycles. The topological polar surface area (TPSA) is 59.3 Å². The molecule has 1 atom stereocenters. The SMILES string of the molecule is CCOc1ccc(C(c2nnnn2C(C)(C)CC)N2CCN(C)CC2)cc1. The van der Waals surface area contributed by atoms with Crippen LogP contribution in [-0.2, 0) is 5.54 Å². The molecule has 1 aliphatic heterocycles. The van der Waals surface area contributed by atoms with Crippen molar-refractivity contribution in [1.82, 2.24) is 30.0 Å². The normalized spacial score (nSPS) is 17.8. The van der Waals surface area contributed by atoms with Gasteiger partial charge in [-0.3, -0.25) is 4.90 Å². The Morgan fingerprint density at radius 3 is 2.33 bits per heavy atom. The number of hydrogen-bond acceptors (Lipinski definition) is 6. The third-order valence-electron chi connectivity index (χ3n) is 5.59. The first-order chi connectivity index (χ1) is 13.0. The molecule has 7 heteroatoms. The molecule has 0 spiro atoms. The zero-order valence-corrected chi connectivity index (χ0v) is 17.2. The van der Waals surface area contributed by atoms with Gasteiger partial charge in [0.2, 0.25) is 0 Å². The molecule has 0 radical (unpaired) electrons. The van der Waals surface area contributed by atoms with Gasteiger partial charge in [-0.05, 0) is 62.4 Å². The summed E-state index contributed by atoms with van der Waals surface area (Å²) < 4.78 is 7.63. The molecule has 2 aromatic rings. The van der Waals surface area contributed by atoms with Gasteiger partial charge in [-0.1, -0.05) is 19.1 Å². The molecule has 0 N–H and O–H groups in total. The third-order valence-corrected chi connectivity index (χ3v) is 5.59. The first-order valence-electron chi connectivity index (χ1n) is 9.90. The number of benzene rings is 1. The van der Waals surface area contributed by atoms with Gasteiger partial charge in [-0.25, -0.2) is 4.68 Å². The molecule has 2 heterocycles. The van der Waals surface area contributed by atoms with Crippen molar-refractivity contribution in [2.45, 2.75) is 45.7 Å². The zero-order chi connectivity index (χ0) is 19.4. The predicted octanol–water partition coefficient (Wildman–Crippen LogP) is 2.55. The van der Waals surface area contributed by atoms with Crippen molar-refractivity contribution >= 4 is 0 Å². The van der Waals surface area contributed by atoms with Crippen LogP contribution in [0.3, 0.4) is 0 Å². The van der Waals surface area contributed by atoms with Crippen molar-refractivity contribution in [1.29, 1.82) is 0 Å². The summed E-state index contributed by atoms with van der Waals surface area (Å²) in [6.45, 7) is 13.3. The monoisotopic (exact) mass is 372 g/mol. The molecule has 148 valence electrons. The summed E-state index contributed by atoms with van der Waals surface area (Å²) in [5, 5.41) is 12.9. The Morgan fingerprint density at radius 2 is 1.74 bits per heavy atom. The van der Waals surface area contributed by atoms with Crippen LogP contribution in [0.4, 0.5) is 0 Å². The molecule has 0 amide bonds. The quantitative estimate of drug-likeness (QED) is 0.744. The molecule has 0 aliphatic carbocycles. The highest BCUT2D eigenvalue weighted by molar-refractivity contribution is 5.32. The molecule has 0 saturated carbocycles. The Kier molecular flexibility index (Phi) is 6.11. The fraction of sp³-hybridized carbons (Fsp3) is 0.650. The van der Waals surface area contributed by atoms with Crippen LogP contribution in [0.1, 0.15) is 51.5 Å². The second-order valence-corrected chi connectivity index (χ2v) is 7.86. The van der Waals surface area contributed by atoms with E-state index in [4.69, 9.17) is 4.74 Å². The van der Waals surface area contributed by atoms with Gasteiger partial charge in [0, 0.05) is 26.2 Å². The summed E-state index contributed by atoms with van der Waals surface area (Å²) in [5.41, 5.74) is 1.07. The van der Waals surface area contributed by atoms with Crippen LogP contribution < -0.4 is 4.74 Å². The summed E-state index contributed by atoms with van der Waals surface area (Å²) in [6, 6.07) is 8.41. The minimum atomic E-state index is -0.130. The third kappa shape index (κ3) is 4.30. The summed E-state index contributed by atoms with van der Waals surface area (Å²) in [7, 11) is 2.17. The van der Waals surface area contributed by atoms with Crippen molar-refractivity contribution < 1.29 is 4.74 Å². The minimum Gasteiger partial charge on any atom is -0.494 e. The highest BCUT2D eigenvalue weighted by Crippen LogP contribution is 2.32. The lowest BCUT2D eigenvalue weighted by molar-refractivity contribution is 0.117. The lowest BCUT2D eigenvalue weighted by Crippen LogP contribution is -2.47. The first-order valence-corrected chi connectivity index (χ1v) is 9.90. The lowest BCUT2D eigenvalue weighted by atomic mass is 9.99. The zero-order valence-electron chi connectivity index (χ0n) is 17.2. The molecule has 27 heavy (non-hydrogen) atoms. The van der Waals surface area contributed by atoms with Crippen LogP contribution in [0.15, 0.2) is 24.3 Å². The van der Waals surface area contributed by atoms with E-state index in [9.17, 15) is 0 Å². The number of ether oxygens (including phenoxy) is 1. The van der Waals surface area contributed by atoms with Crippen molar-refractivity contribution in [2.24, 2.45) is 0 Å². The molecule has 1 aliphatic rings. The molecule has 1 aromatic carbocycles. The standard InChI is InChI=1S/C20H32N6O/c1-6-20(3,4)26-19(21-22-23-26)18(25-14-12-24(5)13-15-25)16-8-10-17(11-9-16)27-7-2/h8-11,18H,6-7,12-15H2,1-5H3. The molecule has 0 bridgehead atoms. The average Bonchev–Trinajstić information content (AvgIpc) is 3.15. The van der Waals surface area contributed by atoms with E-state index in [2.05, 4.69) is 65.3 Å². The van der Waals surface area contributed by atoms with Gasteiger partial charge in [0.1, 0.15) is 5.75 Å². The number of piperazine rings is 1. The fourth-order valence-electron chi connectivity index (χ4n) is 3.46. The predicted molar refractivity (Wildman–Crippen MR) is 106 cm³/mol. The lowest BCUT2D eigenvalue weighted by Gasteiger charge is -2.38. The van der Waals surface area contributed by atoms with Crippen LogP contribution in [0.25, 0.3) is 0 Å². The van der Waals surface area contributed by atoms with Gasteiger partial charge < -0.3 is 9.64 Å². The molecule has 1 fully saturated rings. The summed E-state index contributed by atoms with van der Waals surface area (Å²) in [4.78, 5) is 4.86. The molecule has 7 nitrogen and oxygen atoms in total. The minimum absolute atomic E-state index is 0.0372. The van der Waals surface area contributed by atoms with Crippen LogP contribution in [-0.4, -0.2) is 69.8 Å². The van der Waals surface area contributed by atoms with Crippen molar-refractivity contribution in [3.05, 3.63) is 35.7 Å². The average molecular weight is 373 g/mol. The summed E-state index contributed by atoms with van der Waals surface area (Å²) in [5.74, 6) is 1.81. The van der Waals surface area contributed by atoms with Gasteiger partial charge >= 0.3 is 0 Å². The fourth-order valence-corrected chi connectivity index (χ4v) is 3.46. The highest BCUT2D eigenvalue weighted by atomic mass is 16.5. The van der Waals surface area contributed by atoms with Crippen LogP contribution in [0.5, 0.6) is 5.75 Å². The Balaban J connectivity index is 2.00.